The normalized spacial score (nSPS) is 14.7. The zero-order valence-corrected chi connectivity index (χ0v) is 9.73. The third kappa shape index (κ3) is 3.20. The molecule has 2 unspecified atom stereocenters. The quantitative estimate of drug-likeness (QED) is 0.807. The van der Waals surface area contributed by atoms with Gasteiger partial charge in [0.05, 0.1) is 6.61 Å². The highest BCUT2D eigenvalue weighted by molar-refractivity contribution is 5.19. The van der Waals surface area contributed by atoms with E-state index in [1.807, 2.05) is 25.1 Å². The Morgan fingerprint density at radius 2 is 2.13 bits per heavy atom. The highest BCUT2D eigenvalue weighted by Gasteiger charge is 2.14. The first-order chi connectivity index (χ1) is 7.19. The summed E-state index contributed by atoms with van der Waals surface area (Å²) in [6, 6.07) is 6.00. The molecule has 3 nitrogen and oxygen atoms in total. The molecule has 1 aromatic heterocycles. The first-order valence-electron chi connectivity index (χ1n) is 5.54. The van der Waals surface area contributed by atoms with Crippen LogP contribution in [0, 0.1) is 0 Å². The summed E-state index contributed by atoms with van der Waals surface area (Å²) in [6.07, 6.45) is 0.960. The number of nitrogens with two attached hydrogens (primary N) is 1. The lowest BCUT2D eigenvalue weighted by Crippen LogP contribution is -2.26. The summed E-state index contributed by atoms with van der Waals surface area (Å²) >= 11 is 0. The van der Waals surface area contributed by atoms with Crippen LogP contribution in [0.3, 0.4) is 0 Å². The lowest BCUT2D eigenvalue weighted by Gasteiger charge is -2.18. The molecule has 1 aromatic rings. The fourth-order valence-corrected chi connectivity index (χ4v) is 1.49. The van der Waals surface area contributed by atoms with Gasteiger partial charge in [-0.1, -0.05) is 19.9 Å². The molecule has 0 aliphatic rings. The molecule has 84 valence electrons. The van der Waals surface area contributed by atoms with Crippen molar-refractivity contribution in [2.24, 2.45) is 5.73 Å². The number of ether oxygens (including phenoxy) is 1. The lowest BCUT2D eigenvalue weighted by atomic mass is 9.96. The Morgan fingerprint density at radius 1 is 1.40 bits per heavy atom. The Kier molecular flexibility index (Phi) is 4.56. The molecular weight excluding hydrogens is 188 g/mol. The number of pyridine rings is 1. The molecule has 0 radical (unpaired) electrons. The SMILES string of the molecule is CCOc1cccc(C(C)C(N)CC)n1. The maximum atomic E-state index is 5.99. The van der Waals surface area contributed by atoms with E-state index < -0.39 is 0 Å². The molecule has 0 amide bonds. The van der Waals surface area contributed by atoms with E-state index in [9.17, 15) is 0 Å². The van der Waals surface area contributed by atoms with Crippen LogP contribution in [0.4, 0.5) is 0 Å². The fourth-order valence-electron chi connectivity index (χ4n) is 1.49. The molecule has 15 heavy (non-hydrogen) atoms. The van der Waals surface area contributed by atoms with Crippen LogP contribution in [-0.4, -0.2) is 17.6 Å². The van der Waals surface area contributed by atoms with Gasteiger partial charge < -0.3 is 10.5 Å². The lowest BCUT2D eigenvalue weighted by molar-refractivity contribution is 0.324. The van der Waals surface area contributed by atoms with Gasteiger partial charge in [0, 0.05) is 23.7 Å². The second-order valence-corrected chi connectivity index (χ2v) is 3.69. The van der Waals surface area contributed by atoms with Crippen LogP contribution >= 0.6 is 0 Å². The van der Waals surface area contributed by atoms with E-state index in [0.29, 0.717) is 12.5 Å². The number of hydrogen-bond donors (Lipinski definition) is 1. The molecule has 2 atom stereocenters. The number of aromatic nitrogens is 1. The van der Waals surface area contributed by atoms with Crippen molar-refractivity contribution in [2.75, 3.05) is 6.61 Å². The minimum atomic E-state index is 0.161. The Bertz CT molecular complexity index is 301. The molecule has 0 saturated carbocycles. The number of hydrogen-bond acceptors (Lipinski definition) is 3. The van der Waals surface area contributed by atoms with E-state index >= 15 is 0 Å². The molecule has 0 spiro atoms. The van der Waals surface area contributed by atoms with Crippen LogP contribution in [0.15, 0.2) is 18.2 Å². The van der Waals surface area contributed by atoms with E-state index in [-0.39, 0.29) is 12.0 Å². The van der Waals surface area contributed by atoms with Crippen molar-refractivity contribution >= 4 is 0 Å². The molecule has 0 aromatic carbocycles. The third-order valence-corrected chi connectivity index (χ3v) is 2.62. The number of rotatable bonds is 5. The van der Waals surface area contributed by atoms with Gasteiger partial charge in [-0.2, -0.15) is 0 Å². The number of nitrogens with zero attached hydrogens (tertiary/aromatic N) is 1. The van der Waals surface area contributed by atoms with Crippen molar-refractivity contribution < 1.29 is 4.74 Å². The van der Waals surface area contributed by atoms with Gasteiger partial charge >= 0.3 is 0 Å². The average molecular weight is 208 g/mol. The zero-order valence-electron chi connectivity index (χ0n) is 9.73. The van der Waals surface area contributed by atoms with Crippen LogP contribution in [0.2, 0.25) is 0 Å². The van der Waals surface area contributed by atoms with Crippen molar-refractivity contribution in [1.82, 2.24) is 4.98 Å². The summed E-state index contributed by atoms with van der Waals surface area (Å²) in [6.45, 7) is 6.79. The summed E-state index contributed by atoms with van der Waals surface area (Å²) in [5.41, 5.74) is 7.00. The highest BCUT2D eigenvalue weighted by Crippen LogP contribution is 2.19. The molecule has 0 bridgehead atoms. The van der Waals surface area contributed by atoms with Crippen LogP contribution in [0.25, 0.3) is 0 Å². The molecule has 1 rings (SSSR count). The Morgan fingerprint density at radius 3 is 2.73 bits per heavy atom. The van der Waals surface area contributed by atoms with Gasteiger partial charge in [-0.15, -0.1) is 0 Å². The molecule has 0 saturated heterocycles. The first kappa shape index (κ1) is 12.0. The average Bonchev–Trinajstić information content (AvgIpc) is 2.28. The van der Waals surface area contributed by atoms with E-state index in [1.165, 1.54) is 0 Å². The van der Waals surface area contributed by atoms with E-state index in [1.54, 1.807) is 0 Å². The predicted octanol–water partition coefficient (Wildman–Crippen LogP) is 2.32. The summed E-state index contributed by atoms with van der Waals surface area (Å²) in [7, 11) is 0. The Balaban J connectivity index is 2.80. The van der Waals surface area contributed by atoms with Gasteiger partial charge in [0.25, 0.3) is 0 Å². The van der Waals surface area contributed by atoms with E-state index in [0.717, 1.165) is 12.1 Å². The minimum Gasteiger partial charge on any atom is -0.478 e. The van der Waals surface area contributed by atoms with Crippen molar-refractivity contribution in [1.29, 1.82) is 0 Å². The molecule has 0 aliphatic carbocycles. The van der Waals surface area contributed by atoms with Gasteiger partial charge in [-0.25, -0.2) is 4.98 Å². The van der Waals surface area contributed by atoms with E-state index in [2.05, 4.69) is 18.8 Å². The maximum absolute atomic E-state index is 5.99. The Labute approximate surface area is 91.7 Å². The largest absolute Gasteiger partial charge is 0.478 e. The molecular formula is C12H20N2O. The second kappa shape index (κ2) is 5.71. The third-order valence-electron chi connectivity index (χ3n) is 2.62. The zero-order chi connectivity index (χ0) is 11.3. The topological polar surface area (TPSA) is 48.1 Å². The monoisotopic (exact) mass is 208 g/mol. The van der Waals surface area contributed by atoms with Crippen LogP contribution in [0.1, 0.15) is 38.8 Å². The van der Waals surface area contributed by atoms with Crippen molar-refractivity contribution in [2.45, 2.75) is 39.2 Å². The van der Waals surface area contributed by atoms with Crippen molar-refractivity contribution in [3.05, 3.63) is 23.9 Å². The Hall–Kier alpha value is -1.09. The smallest absolute Gasteiger partial charge is 0.213 e. The van der Waals surface area contributed by atoms with Crippen LogP contribution in [0.5, 0.6) is 5.88 Å². The minimum absolute atomic E-state index is 0.161. The van der Waals surface area contributed by atoms with Gasteiger partial charge in [0.15, 0.2) is 0 Å². The van der Waals surface area contributed by atoms with Crippen molar-refractivity contribution in [3.63, 3.8) is 0 Å². The molecule has 0 fully saturated rings. The van der Waals surface area contributed by atoms with Gasteiger partial charge in [0.2, 0.25) is 5.88 Å². The molecule has 2 N–H and O–H groups in total. The van der Waals surface area contributed by atoms with Gasteiger partial charge in [0.1, 0.15) is 0 Å². The van der Waals surface area contributed by atoms with Crippen LogP contribution < -0.4 is 10.5 Å². The van der Waals surface area contributed by atoms with E-state index in [4.69, 9.17) is 10.5 Å². The summed E-state index contributed by atoms with van der Waals surface area (Å²) in [4.78, 5) is 4.43. The summed E-state index contributed by atoms with van der Waals surface area (Å²) in [5.74, 6) is 0.959. The van der Waals surface area contributed by atoms with Crippen LogP contribution in [-0.2, 0) is 0 Å². The maximum Gasteiger partial charge on any atom is 0.213 e. The van der Waals surface area contributed by atoms with Gasteiger partial charge in [-0.3, -0.25) is 0 Å². The highest BCUT2D eigenvalue weighted by atomic mass is 16.5. The molecule has 1 heterocycles. The second-order valence-electron chi connectivity index (χ2n) is 3.69. The predicted molar refractivity (Wildman–Crippen MR) is 62.1 cm³/mol. The standard InChI is InChI=1S/C12H20N2O/c1-4-10(13)9(3)11-7-6-8-12(14-11)15-5-2/h6-10H,4-5,13H2,1-3H3. The molecule has 3 heteroatoms. The first-order valence-corrected chi connectivity index (χ1v) is 5.54. The van der Waals surface area contributed by atoms with Gasteiger partial charge in [-0.05, 0) is 19.4 Å². The molecule has 0 aliphatic heterocycles. The fraction of sp³-hybridized carbons (Fsp3) is 0.583. The van der Waals surface area contributed by atoms with Crippen molar-refractivity contribution in [3.8, 4) is 5.88 Å². The summed E-state index contributed by atoms with van der Waals surface area (Å²) < 4.78 is 5.36. The summed E-state index contributed by atoms with van der Waals surface area (Å²) in [5, 5.41) is 0.